The molecule has 3 aliphatic heterocycles. The first-order valence-electron chi connectivity index (χ1n) is 44.9. The van der Waals surface area contributed by atoms with E-state index in [0.717, 1.165) is 177 Å². The lowest BCUT2D eigenvalue weighted by Crippen LogP contribution is -2.41. The van der Waals surface area contributed by atoms with Crippen molar-refractivity contribution in [1.82, 2.24) is 20.9 Å². The minimum Gasteiger partial charge on any atom is -0.496 e. The highest BCUT2D eigenvalue weighted by Crippen LogP contribution is 2.35. The third-order valence-corrected chi connectivity index (χ3v) is 23.4. The average Bonchev–Trinajstić information content (AvgIpc) is 0.828. The van der Waals surface area contributed by atoms with Gasteiger partial charge in [0.15, 0.2) is 0 Å². The van der Waals surface area contributed by atoms with Crippen molar-refractivity contribution < 1.29 is 84.2 Å². The van der Waals surface area contributed by atoms with Gasteiger partial charge in [-0.25, -0.2) is 8.42 Å². The number of nitrogens with one attached hydrogen (secondary N) is 3. The lowest BCUT2D eigenvalue weighted by molar-refractivity contribution is 0.00717. The number of sulfone groups is 1. The number of benzene rings is 9. The maximum Gasteiger partial charge on any atom is 0.147 e. The van der Waals surface area contributed by atoms with E-state index >= 15 is 0 Å². The third-order valence-electron chi connectivity index (χ3n) is 22.3. The SMILES string of the molecule is COCCCOc1cc(CO[C@H]2CNCC[C@@H]2c2ccc(OCCCOCc3ccccc3OC)cc2)ccc1C#N.COc1ccccc1COCCCOc1ccc([C@H]2CCNC[C@@H]2OCCOc2ccccc2CCCN(C)C)cc1.COc1ccccc1COCCCOc1ccc([C@H]2CCNC[C@@H]2OCCOc2ccccc2CCCS(C)(=O)=O)cc1. The normalized spacial score (nSPS) is 16.8. The van der Waals surface area contributed by atoms with E-state index in [1.807, 2.05) is 140 Å². The molecule has 3 N–H and O–H groups in total. The molecule has 3 heterocycles. The lowest BCUT2D eigenvalue weighted by Gasteiger charge is -2.32. The number of rotatable bonds is 53. The van der Waals surface area contributed by atoms with Gasteiger partial charge in [0.05, 0.1) is 137 Å². The van der Waals surface area contributed by atoms with Gasteiger partial charge in [0.2, 0.25) is 0 Å². The van der Waals surface area contributed by atoms with Gasteiger partial charge in [0.1, 0.15) is 80.9 Å². The number of nitrogens with zero attached hydrogens (tertiary/aromatic N) is 2. The molecule has 127 heavy (non-hydrogen) atoms. The zero-order valence-corrected chi connectivity index (χ0v) is 76.4. The number of hydrogen-bond donors (Lipinski definition) is 3. The molecule has 3 fully saturated rings. The summed E-state index contributed by atoms with van der Waals surface area (Å²) in [5, 5.41) is 19.9. The third kappa shape index (κ3) is 35.6. The first-order chi connectivity index (χ1) is 62.3. The first kappa shape index (κ1) is 99.3. The minimum absolute atomic E-state index is 0.0348. The predicted octanol–water partition coefficient (Wildman–Crippen LogP) is 16.5. The molecule has 0 saturated carbocycles. The summed E-state index contributed by atoms with van der Waals surface area (Å²) in [7, 11) is 7.94. The Bertz CT molecular complexity index is 4710. The Balaban J connectivity index is 0.000000199. The molecular formula is C103H135N5O18S. The standard InChI is InChI=1S/C35H48N2O5.C34H42N2O6.C34H45NO7S/c1-37(2)21-8-12-29-10-4-7-14-34(29)41-24-25-42-35-26-36-20-19-32(35)28-15-17-31(18-16-28)40-23-9-22-39-27-30-11-5-6-13-33(30)38-3;1-37-17-5-20-41-33-21-26(9-10-28(33)22-35)24-42-34-23-36-16-15-31(34)27-11-13-30(14-12-27)40-19-6-18-39-25-29-7-3-4-8-32(29)38-2;1-38-32-12-5-4-10-29(32)26-39-20-8-21-40-30-16-14-27(15-17-30)31-18-19-35-25-34(31)42-23-22-41-33-13-6-3-9-28(33)11-7-24-43(2,36)37/h4-7,10-11,13-18,32,35-36H,8-9,12,19-27H2,1-3H3;3-4,7-14,21,31,34,36H,5-6,15-20,23-25H2,1-2H3;3-6,9-10,12-17,31,34-35H,7-8,11,18-26H2,1-2H3/t32-,35+;2*31-,34+/m111/s1. The van der Waals surface area contributed by atoms with E-state index in [1.54, 1.807) is 34.5 Å². The van der Waals surface area contributed by atoms with Crippen LogP contribution in [0.25, 0.3) is 0 Å². The van der Waals surface area contributed by atoms with Gasteiger partial charge in [-0.3, -0.25) is 0 Å². The molecule has 12 rings (SSSR count). The molecule has 9 aromatic rings. The molecule has 0 spiro atoms. The van der Waals surface area contributed by atoms with Crippen LogP contribution in [0.15, 0.2) is 212 Å². The Kier molecular flexibility index (Phi) is 44.7. The van der Waals surface area contributed by atoms with Crippen LogP contribution in [-0.2, 0) is 82.3 Å². The molecule has 0 amide bonds. The summed E-state index contributed by atoms with van der Waals surface area (Å²) in [5.41, 5.74) is 10.7. The minimum atomic E-state index is -2.97. The number of piperidine rings is 3. The van der Waals surface area contributed by atoms with Crippen LogP contribution in [-0.4, -0.2) is 211 Å². The van der Waals surface area contributed by atoms with E-state index in [-0.39, 0.29) is 30.0 Å². The smallest absolute Gasteiger partial charge is 0.147 e. The highest BCUT2D eigenvalue weighted by atomic mass is 32.2. The van der Waals surface area contributed by atoms with Crippen LogP contribution in [0.5, 0.6) is 51.7 Å². The summed E-state index contributed by atoms with van der Waals surface area (Å²) in [6.45, 7) is 15.2. The van der Waals surface area contributed by atoms with Gasteiger partial charge in [0.25, 0.3) is 0 Å². The monoisotopic (exact) mass is 1760 g/mol. The van der Waals surface area contributed by atoms with Crippen LogP contribution in [0, 0.1) is 11.3 Å². The second kappa shape index (κ2) is 57.2. The van der Waals surface area contributed by atoms with Gasteiger partial charge >= 0.3 is 0 Å². The summed E-state index contributed by atoms with van der Waals surface area (Å²) in [5.74, 6) is 8.58. The molecule has 3 saturated heterocycles. The summed E-state index contributed by atoms with van der Waals surface area (Å²) >= 11 is 0. The van der Waals surface area contributed by atoms with Gasteiger partial charge in [0, 0.05) is 99.7 Å². The van der Waals surface area contributed by atoms with Crippen LogP contribution in [0.1, 0.15) is 131 Å². The number of ether oxygens (including phenoxy) is 16. The fourth-order valence-corrected chi connectivity index (χ4v) is 16.3. The van der Waals surface area contributed by atoms with Gasteiger partial charge in [-0.1, -0.05) is 133 Å². The van der Waals surface area contributed by atoms with Gasteiger partial charge in [-0.15, -0.1) is 0 Å². The van der Waals surface area contributed by atoms with Gasteiger partial charge in [-0.05, 0) is 197 Å². The average molecular weight is 1760 g/mol. The van der Waals surface area contributed by atoms with Crippen molar-refractivity contribution >= 4 is 9.84 Å². The van der Waals surface area contributed by atoms with Gasteiger partial charge in [-0.2, -0.15) is 5.26 Å². The Morgan fingerprint density at radius 2 is 0.732 bits per heavy atom. The van der Waals surface area contributed by atoms with E-state index in [0.29, 0.717) is 142 Å². The zero-order valence-electron chi connectivity index (χ0n) is 75.6. The van der Waals surface area contributed by atoms with Crippen molar-refractivity contribution in [2.24, 2.45) is 0 Å². The van der Waals surface area contributed by atoms with Crippen molar-refractivity contribution in [2.45, 2.75) is 133 Å². The molecule has 686 valence electrons. The predicted molar refractivity (Wildman–Crippen MR) is 498 cm³/mol. The van der Waals surface area contributed by atoms with Crippen LogP contribution >= 0.6 is 0 Å². The van der Waals surface area contributed by atoms with Crippen LogP contribution in [0.3, 0.4) is 0 Å². The van der Waals surface area contributed by atoms with Crippen LogP contribution < -0.4 is 58.6 Å². The van der Waals surface area contributed by atoms with E-state index in [4.69, 9.17) is 75.8 Å². The fourth-order valence-electron chi connectivity index (χ4n) is 15.6. The Labute approximate surface area is 754 Å². The highest BCUT2D eigenvalue weighted by Gasteiger charge is 2.31. The van der Waals surface area contributed by atoms with Crippen molar-refractivity contribution in [1.29, 1.82) is 5.26 Å². The summed E-state index contributed by atoms with van der Waals surface area (Å²) in [4.78, 5) is 2.22. The van der Waals surface area contributed by atoms with E-state index in [2.05, 4.69) is 108 Å². The second-order valence-corrected chi connectivity index (χ2v) is 34.3. The Hall–Kier alpha value is -9.82. The van der Waals surface area contributed by atoms with Crippen molar-refractivity contribution in [3.05, 3.63) is 268 Å². The van der Waals surface area contributed by atoms with E-state index in [9.17, 15) is 13.7 Å². The molecule has 9 aromatic carbocycles. The van der Waals surface area contributed by atoms with E-state index < -0.39 is 9.84 Å². The molecule has 0 radical (unpaired) electrons. The quantitative estimate of drug-likeness (QED) is 0.0300. The maximum absolute atomic E-state index is 11.5. The zero-order chi connectivity index (χ0) is 89.2. The molecular weight excluding hydrogens is 1630 g/mol. The number of para-hydroxylation sites is 5. The van der Waals surface area contributed by atoms with Crippen LogP contribution in [0.4, 0.5) is 0 Å². The second-order valence-electron chi connectivity index (χ2n) is 32.1. The topological polar surface area (TPSA) is 245 Å². The molecule has 3 aliphatic rings. The van der Waals surface area contributed by atoms with Crippen molar-refractivity contribution in [3.63, 3.8) is 0 Å². The van der Waals surface area contributed by atoms with Crippen LogP contribution in [0.2, 0.25) is 0 Å². The lowest BCUT2D eigenvalue weighted by atomic mass is 9.87. The number of methoxy groups -OCH3 is 4. The summed E-state index contributed by atoms with van der Waals surface area (Å²) in [6.07, 6.45) is 11.1. The maximum atomic E-state index is 11.5. The number of hydrogen-bond acceptors (Lipinski definition) is 23. The fraction of sp³-hybridized carbons (Fsp3) is 0.466. The summed E-state index contributed by atoms with van der Waals surface area (Å²) < 4.78 is 117. The Morgan fingerprint density at radius 1 is 0.370 bits per heavy atom. The molecule has 24 heteroatoms. The Morgan fingerprint density at radius 3 is 1.12 bits per heavy atom. The molecule has 0 aromatic heterocycles. The molecule has 23 nitrogen and oxygen atoms in total. The largest absolute Gasteiger partial charge is 0.496 e. The molecule has 6 atom stereocenters. The van der Waals surface area contributed by atoms with Crippen molar-refractivity contribution in [2.75, 3.05) is 180 Å². The van der Waals surface area contributed by atoms with Crippen molar-refractivity contribution in [3.8, 4) is 57.8 Å². The molecule has 0 bridgehead atoms. The molecule has 0 unspecified atom stereocenters. The first-order valence-corrected chi connectivity index (χ1v) is 47.0. The number of aryl methyl sites for hydroxylation is 2. The summed E-state index contributed by atoms with van der Waals surface area (Å²) in [6, 6.07) is 72.9. The number of nitriles is 1. The van der Waals surface area contributed by atoms with E-state index in [1.165, 1.54) is 28.5 Å². The highest BCUT2D eigenvalue weighted by molar-refractivity contribution is 7.90. The van der Waals surface area contributed by atoms with Gasteiger partial charge < -0.3 is 96.6 Å². The molecule has 0 aliphatic carbocycles.